The average molecular weight is 278 g/mol. The lowest BCUT2D eigenvalue weighted by atomic mass is 10.3. The highest BCUT2D eigenvalue weighted by Gasteiger charge is 2.07. The van der Waals surface area contributed by atoms with E-state index >= 15 is 0 Å². The van der Waals surface area contributed by atoms with Crippen LogP contribution in [-0.4, -0.2) is 28.2 Å². The Morgan fingerprint density at radius 1 is 1.35 bits per heavy atom. The fraction of sp³-hybridized carbons (Fsp3) is 0.231. The average Bonchev–Trinajstić information content (AvgIpc) is 2.43. The van der Waals surface area contributed by atoms with Gasteiger partial charge in [0.25, 0.3) is 0 Å². The normalized spacial score (nSPS) is 10.3. The highest BCUT2D eigenvalue weighted by molar-refractivity contribution is 5.44. The summed E-state index contributed by atoms with van der Waals surface area (Å²) in [6.07, 6.45) is 2.08. The Morgan fingerprint density at radius 3 is 2.95 bits per heavy atom. The van der Waals surface area contributed by atoms with Crippen molar-refractivity contribution in [2.24, 2.45) is 0 Å². The van der Waals surface area contributed by atoms with Gasteiger partial charge >= 0.3 is 0 Å². The molecule has 2 rings (SSSR count). The zero-order valence-electron chi connectivity index (χ0n) is 10.7. The number of ether oxygens (including phenoxy) is 1. The quantitative estimate of drug-likeness (QED) is 0.551. The predicted molar refractivity (Wildman–Crippen MR) is 73.1 cm³/mol. The maximum atomic E-state index is 13.6. The van der Waals surface area contributed by atoms with Crippen molar-refractivity contribution < 1.29 is 14.2 Å². The monoisotopic (exact) mass is 278 g/mol. The van der Waals surface area contributed by atoms with E-state index in [-0.39, 0.29) is 18.2 Å². The summed E-state index contributed by atoms with van der Waals surface area (Å²) in [4.78, 5) is 8.07. The largest absolute Gasteiger partial charge is 0.436 e. The molecule has 106 valence electrons. The molecule has 1 aromatic heterocycles. The number of halogens is 1. The number of aromatic nitrogens is 2. The molecule has 1 heterocycles. The number of aliphatic hydroxyl groups is 1. The lowest BCUT2D eigenvalue weighted by molar-refractivity contribution is 0.292. The number of nitrogens with zero attached hydrogens (tertiary/aromatic N) is 2. The lowest BCUT2D eigenvalue weighted by Crippen LogP contribution is -2.07. The highest BCUT2D eigenvalue weighted by atomic mass is 19.1. The molecule has 0 aliphatic heterocycles. The molecule has 1 aromatic carbocycles. The van der Waals surface area contributed by atoms with Gasteiger partial charge in [0.15, 0.2) is 11.6 Å². The number of benzene rings is 1. The van der Waals surface area contributed by atoms with Crippen LogP contribution in [0.5, 0.6) is 11.6 Å². The number of nitrogens with two attached hydrogens (primary N) is 1. The Hall–Kier alpha value is -2.41. The standard InChI is InChI=1S/C13H15FN4O2/c14-10-8-9(15)2-3-11(10)20-12-4-6-17-13(18-12)16-5-1-7-19/h2-4,6,8,19H,1,5,7,15H2,(H,16,17,18). The molecular weight excluding hydrogens is 263 g/mol. The Kier molecular flexibility index (Phi) is 4.67. The molecular formula is C13H15FN4O2. The molecule has 0 spiro atoms. The van der Waals surface area contributed by atoms with E-state index < -0.39 is 5.82 Å². The van der Waals surface area contributed by atoms with Crippen LogP contribution in [-0.2, 0) is 0 Å². The Balaban J connectivity index is 2.07. The van der Waals surface area contributed by atoms with Gasteiger partial charge in [0, 0.05) is 37.2 Å². The fourth-order valence-corrected chi connectivity index (χ4v) is 1.48. The number of hydrogen-bond donors (Lipinski definition) is 3. The minimum Gasteiger partial charge on any atom is -0.436 e. The van der Waals surface area contributed by atoms with Crippen LogP contribution in [0.2, 0.25) is 0 Å². The van der Waals surface area contributed by atoms with Crippen LogP contribution in [0.25, 0.3) is 0 Å². The zero-order chi connectivity index (χ0) is 14.4. The van der Waals surface area contributed by atoms with E-state index in [1.807, 2.05) is 0 Å². The van der Waals surface area contributed by atoms with Crippen molar-refractivity contribution in [3.63, 3.8) is 0 Å². The number of nitrogens with one attached hydrogen (secondary N) is 1. The van der Waals surface area contributed by atoms with E-state index in [1.54, 1.807) is 6.07 Å². The molecule has 0 bridgehead atoms. The number of anilines is 2. The lowest BCUT2D eigenvalue weighted by Gasteiger charge is -2.08. The summed E-state index contributed by atoms with van der Waals surface area (Å²) >= 11 is 0. The number of nitrogen functional groups attached to an aromatic ring is 1. The van der Waals surface area contributed by atoms with Crippen molar-refractivity contribution in [1.29, 1.82) is 0 Å². The summed E-state index contributed by atoms with van der Waals surface area (Å²) < 4.78 is 18.9. The van der Waals surface area contributed by atoms with E-state index in [9.17, 15) is 4.39 Å². The topological polar surface area (TPSA) is 93.3 Å². The second-order valence-corrected chi connectivity index (χ2v) is 4.01. The summed E-state index contributed by atoms with van der Waals surface area (Å²) in [6.45, 7) is 0.621. The highest BCUT2D eigenvalue weighted by Crippen LogP contribution is 2.24. The van der Waals surface area contributed by atoms with Crippen LogP contribution in [0.3, 0.4) is 0 Å². The summed E-state index contributed by atoms with van der Waals surface area (Å²) in [5.74, 6) is 0.0552. The van der Waals surface area contributed by atoms with Gasteiger partial charge in [-0.1, -0.05) is 0 Å². The third-order valence-electron chi connectivity index (χ3n) is 2.42. The molecule has 4 N–H and O–H groups in total. The maximum Gasteiger partial charge on any atom is 0.225 e. The van der Waals surface area contributed by atoms with Gasteiger partial charge in [-0.3, -0.25) is 0 Å². The molecule has 0 saturated carbocycles. The van der Waals surface area contributed by atoms with E-state index in [4.69, 9.17) is 15.6 Å². The first-order valence-corrected chi connectivity index (χ1v) is 6.09. The minimum atomic E-state index is -0.557. The van der Waals surface area contributed by atoms with Crippen molar-refractivity contribution in [2.45, 2.75) is 6.42 Å². The zero-order valence-corrected chi connectivity index (χ0v) is 10.7. The smallest absolute Gasteiger partial charge is 0.225 e. The van der Waals surface area contributed by atoms with E-state index in [0.29, 0.717) is 24.6 Å². The van der Waals surface area contributed by atoms with E-state index in [2.05, 4.69) is 15.3 Å². The number of aliphatic hydroxyl groups excluding tert-OH is 1. The van der Waals surface area contributed by atoms with Gasteiger partial charge in [-0.15, -0.1) is 0 Å². The summed E-state index contributed by atoms with van der Waals surface area (Å²) in [6, 6.07) is 5.68. The summed E-state index contributed by atoms with van der Waals surface area (Å²) in [7, 11) is 0. The molecule has 2 aromatic rings. The maximum absolute atomic E-state index is 13.6. The van der Waals surface area contributed by atoms with Gasteiger partial charge in [0.1, 0.15) is 0 Å². The van der Waals surface area contributed by atoms with Gasteiger partial charge in [-0.25, -0.2) is 9.37 Å². The van der Waals surface area contributed by atoms with Crippen LogP contribution in [0, 0.1) is 5.82 Å². The molecule has 6 nitrogen and oxygen atoms in total. The molecule has 0 radical (unpaired) electrons. The van der Waals surface area contributed by atoms with Crippen molar-refractivity contribution >= 4 is 11.6 Å². The van der Waals surface area contributed by atoms with Gasteiger partial charge in [-0.05, 0) is 18.6 Å². The predicted octanol–water partition coefficient (Wildman–Crippen LogP) is 1.78. The van der Waals surface area contributed by atoms with Gasteiger partial charge < -0.3 is 20.9 Å². The molecule has 0 saturated heterocycles. The Labute approximate surface area is 115 Å². The van der Waals surface area contributed by atoms with Crippen LogP contribution in [0.15, 0.2) is 30.5 Å². The molecule has 20 heavy (non-hydrogen) atoms. The SMILES string of the molecule is Nc1ccc(Oc2ccnc(NCCCO)n2)c(F)c1. The fourth-order valence-electron chi connectivity index (χ4n) is 1.48. The Bertz CT molecular complexity index is 580. The van der Waals surface area contributed by atoms with Gasteiger partial charge in [0.2, 0.25) is 11.8 Å². The van der Waals surface area contributed by atoms with Crippen molar-refractivity contribution in [3.05, 3.63) is 36.3 Å². The van der Waals surface area contributed by atoms with Crippen LogP contribution in [0.1, 0.15) is 6.42 Å². The molecule has 0 unspecified atom stereocenters. The Morgan fingerprint density at radius 2 is 2.20 bits per heavy atom. The second-order valence-electron chi connectivity index (χ2n) is 4.01. The number of rotatable bonds is 6. The molecule has 0 aliphatic carbocycles. The van der Waals surface area contributed by atoms with Crippen LogP contribution in [0.4, 0.5) is 16.0 Å². The second kappa shape index (κ2) is 6.67. The first kappa shape index (κ1) is 14.0. The van der Waals surface area contributed by atoms with E-state index in [1.165, 1.54) is 24.4 Å². The number of hydrogen-bond acceptors (Lipinski definition) is 6. The minimum absolute atomic E-state index is 0.0409. The van der Waals surface area contributed by atoms with Crippen molar-refractivity contribution in [3.8, 4) is 11.6 Å². The molecule has 7 heteroatoms. The first-order valence-electron chi connectivity index (χ1n) is 6.09. The molecule has 0 atom stereocenters. The molecule has 0 fully saturated rings. The van der Waals surface area contributed by atoms with Crippen molar-refractivity contribution in [2.75, 3.05) is 24.2 Å². The third kappa shape index (κ3) is 3.79. The molecule has 0 amide bonds. The first-order chi connectivity index (χ1) is 9.69. The summed E-state index contributed by atoms with van der Waals surface area (Å²) in [5.41, 5.74) is 5.78. The summed E-state index contributed by atoms with van der Waals surface area (Å²) in [5, 5.41) is 11.6. The van der Waals surface area contributed by atoms with Crippen LogP contribution >= 0.6 is 0 Å². The molecule has 0 aliphatic rings. The van der Waals surface area contributed by atoms with Gasteiger partial charge in [0.05, 0.1) is 0 Å². The third-order valence-corrected chi connectivity index (χ3v) is 2.42. The van der Waals surface area contributed by atoms with Gasteiger partial charge in [-0.2, -0.15) is 4.98 Å². The van der Waals surface area contributed by atoms with E-state index in [0.717, 1.165) is 0 Å². The van der Waals surface area contributed by atoms with Crippen LogP contribution < -0.4 is 15.8 Å². The van der Waals surface area contributed by atoms with Crippen molar-refractivity contribution in [1.82, 2.24) is 9.97 Å².